The van der Waals surface area contributed by atoms with Gasteiger partial charge in [0, 0.05) is 142 Å². The van der Waals surface area contributed by atoms with E-state index in [0.717, 1.165) is 166 Å². The summed E-state index contributed by atoms with van der Waals surface area (Å²) in [5.41, 5.74) is 31.6. The Kier molecular flexibility index (Phi) is 32.5. The van der Waals surface area contributed by atoms with E-state index in [9.17, 15) is 0 Å². The van der Waals surface area contributed by atoms with Gasteiger partial charge in [0.2, 0.25) is 0 Å². The van der Waals surface area contributed by atoms with E-state index >= 15 is 0 Å². The number of hydrogen-bond donors (Lipinski definition) is 0. The van der Waals surface area contributed by atoms with Crippen LogP contribution in [0.5, 0.6) is 11.5 Å². The maximum atomic E-state index is 6.14. The van der Waals surface area contributed by atoms with Crippen LogP contribution in [0.3, 0.4) is 0 Å². The zero-order chi connectivity index (χ0) is 99.0. The van der Waals surface area contributed by atoms with Gasteiger partial charge in [-0.15, -0.1) is 134 Å². The Balaban J connectivity index is 0.000000147. The Morgan fingerprint density at radius 3 is 1.20 bits per heavy atom. The quantitative estimate of drug-likeness (QED) is 0.0452. The Bertz CT molecular complexity index is 7850. The molecule has 0 radical (unpaired) electrons. The molecule has 0 amide bonds. The van der Waals surface area contributed by atoms with Crippen LogP contribution in [0, 0.1) is 97.9 Å². The second kappa shape index (κ2) is 46.8. The number of para-hydroxylation sites is 3. The number of amidine groups is 2. The van der Waals surface area contributed by atoms with E-state index in [0.29, 0.717) is 17.4 Å². The van der Waals surface area contributed by atoms with Gasteiger partial charge in [0.1, 0.15) is 5.84 Å². The molecule has 148 heavy (non-hydrogen) atoms. The molecule has 3 aliphatic heterocycles. The molecule has 6 heterocycles. The first-order valence-electron chi connectivity index (χ1n) is 49.4. The number of benzene rings is 14. The van der Waals surface area contributed by atoms with E-state index in [1.807, 2.05) is 144 Å². The Labute approximate surface area is 914 Å². The van der Waals surface area contributed by atoms with Gasteiger partial charge in [0.05, 0.1) is 58.1 Å². The summed E-state index contributed by atoms with van der Waals surface area (Å²) in [6, 6.07) is 131. The number of aryl methyl sites for hydroxylation is 7. The normalized spacial score (nSPS) is 15.2. The van der Waals surface area contributed by atoms with Crippen LogP contribution < -0.4 is 67.2 Å². The molecule has 14 aromatic carbocycles. The van der Waals surface area contributed by atoms with Crippen LogP contribution in [-0.4, -0.2) is 60.1 Å². The van der Waals surface area contributed by atoms with Gasteiger partial charge in [-0.2, -0.15) is 79.6 Å². The molecular formula is C127H108B2N15OPt3-9. The summed E-state index contributed by atoms with van der Waals surface area (Å²) >= 11 is 0. The number of nitrogens with zero attached hydrogens (tertiary/aromatic N) is 15. The number of aromatic nitrogens is 6. The van der Waals surface area contributed by atoms with Crippen molar-refractivity contribution in [2.75, 3.05) is 29.7 Å². The zero-order valence-corrected chi connectivity index (χ0v) is 90.7. The summed E-state index contributed by atoms with van der Waals surface area (Å²) in [7, 11) is 6.28. The summed E-state index contributed by atoms with van der Waals surface area (Å²) in [5.74, 6) is 6.31. The molecule has 17 aromatic rings. The molecule has 3 atom stereocenters. The predicted octanol–water partition coefficient (Wildman–Crippen LogP) is 23.8. The Morgan fingerprint density at radius 2 is 0.730 bits per heavy atom. The van der Waals surface area contributed by atoms with Crippen LogP contribution in [0.15, 0.2) is 410 Å². The van der Waals surface area contributed by atoms with Crippen molar-refractivity contribution in [3.8, 4) is 68.2 Å². The van der Waals surface area contributed by atoms with E-state index < -0.39 is 0 Å². The Morgan fingerprint density at radius 1 is 0.345 bits per heavy atom. The van der Waals surface area contributed by atoms with Gasteiger partial charge in [-0.1, -0.05) is 310 Å². The smallest absolute Gasteiger partial charge is 0.198 e. The first-order chi connectivity index (χ1) is 71.0. The van der Waals surface area contributed by atoms with Gasteiger partial charge < -0.3 is 48.2 Å². The third kappa shape index (κ3) is 22.4. The molecule has 16 nitrogen and oxygen atoms in total. The van der Waals surface area contributed by atoms with Gasteiger partial charge in [-0.3, -0.25) is 15.0 Å². The van der Waals surface area contributed by atoms with Crippen molar-refractivity contribution in [3.63, 3.8) is 0 Å². The predicted molar refractivity (Wildman–Crippen MR) is 598 cm³/mol. The van der Waals surface area contributed by atoms with Crippen LogP contribution in [0.4, 0.5) is 34.1 Å². The van der Waals surface area contributed by atoms with Crippen molar-refractivity contribution >= 4 is 98.3 Å². The maximum Gasteiger partial charge on any atom is 0.198 e. The van der Waals surface area contributed by atoms with Gasteiger partial charge in [-0.25, -0.2) is 0 Å². The molecular weight excluding hydrogens is 2360 g/mol. The van der Waals surface area contributed by atoms with Gasteiger partial charge in [-0.05, 0) is 115 Å². The van der Waals surface area contributed by atoms with Gasteiger partial charge in [0.25, 0.3) is 0 Å². The molecule has 0 unspecified atom stereocenters. The molecule has 0 bridgehead atoms. The number of ether oxygens (including phenoxy) is 1. The van der Waals surface area contributed by atoms with E-state index in [2.05, 4.69) is 420 Å². The molecule has 23 rings (SSSR count). The van der Waals surface area contributed by atoms with Crippen molar-refractivity contribution in [1.82, 2.24) is 28.7 Å². The van der Waals surface area contributed by atoms with Crippen LogP contribution >= 0.6 is 0 Å². The van der Waals surface area contributed by atoms with Crippen LogP contribution in [-0.2, 0) is 84.3 Å². The molecule has 0 spiro atoms. The minimum Gasteiger partial charge on any atom is -0.503 e. The maximum absolute atomic E-state index is 6.14. The second-order valence-corrected chi connectivity index (χ2v) is 37.4. The number of imidazole rings is 3. The minimum atomic E-state index is -0.143. The van der Waals surface area contributed by atoms with Crippen molar-refractivity contribution in [1.29, 1.82) is 0 Å². The third-order valence-electron chi connectivity index (χ3n) is 27.2. The zero-order valence-electron chi connectivity index (χ0n) is 83.9. The van der Waals surface area contributed by atoms with Crippen LogP contribution in [0.1, 0.15) is 100.0 Å². The summed E-state index contributed by atoms with van der Waals surface area (Å²) in [6.07, 6.45) is 32.7. The van der Waals surface area contributed by atoms with Gasteiger partial charge in [0.15, 0.2) is 13.4 Å². The third-order valence-corrected chi connectivity index (χ3v) is 27.2. The summed E-state index contributed by atoms with van der Waals surface area (Å²) in [5, 5.41) is 20.2. The second-order valence-electron chi connectivity index (χ2n) is 37.4. The number of allylic oxidation sites excluding steroid dienone is 12. The number of hydrogen-bond acceptors (Lipinski definition) is 13. The fourth-order valence-electron chi connectivity index (χ4n) is 20.5. The van der Waals surface area contributed by atoms with Crippen molar-refractivity contribution < 1.29 is 67.9 Å². The first kappa shape index (κ1) is 103. The van der Waals surface area contributed by atoms with E-state index in [4.69, 9.17) is 29.9 Å². The Hall–Kier alpha value is -15.0. The average molecular weight is 2470 g/mol. The molecule has 0 saturated heterocycles. The summed E-state index contributed by atoms with van der Waals surface area (Å²) < 4.78 is 12.7. The van der Waals surface area contributed by atoms with Crippen molar-refractivity contribution in [2.45, 2.75) is 85.5 Å². The fraction of sp³-hybridized carbons (Fsp3) is 0.126. The van der Waals surface area contributed by atoms with Crippen LogP contribution in [0.2, 0.25) is 0 Å². The van der Waals surface area contributed by atoms with E-state index in [1.165, 1.54) is 44.3 Å². The summed E-state index contributed by atoms with van der Waals surface area (Å²) in [6.45, 7) is 21.0. The standard InChI is InChI=1S/C51H43BN5.C46H41BN5.C30H24N5O.3Pt/c1-36-31-37(2)47(38(3)32-36)52(44-27-18-30-46(34-44)57-35-56(45-28-15-8-16-29-45)51(54-57)41-23-13-7-14-24-41)43-26-17-25-42(33-43)50-53-48(39-19-9-5-10-20-39)49(55(50)4)40-21-11-6-12-22-40;1-32-27-33(2)43(34(3)28-32)47(40-23-16-26-42(30-40)52-31-51(35(4)49-52)41-24-13-8-14-25-41)39-22-15-21-38(29-39)46-48-44(36-17-9-6-10-18-36)45(50(46)5)37-19-11-7-12-20-37;1-33-20-29(23-10-4-2-5-11-23)32-30(33)24-12-8-16-27(18-24)36-28-17-9-15-26(19-28)35-22-34(21-31-35)25-13-6-3-7-14-25;;;/h5-19,21-32,35,39H,20H2,1-4H3;6-17,19-28,31,36H,18H2,1-5H3;2-10,12-17,20-23H,11H2,1H3;;;/q3*-3;;;/t39-;36-;23-;;;/m111.../s1. The van der Waals surface area contributed by atoms with E-state index in [1.54, 1.807) is 11.3 Å². The molecule has 6 aliphatic rings. The molecule has 0 fully saturated rings. The minimum absolute atomic E-state index is 0. The fourth-order valence-corrected chi connectivity index (χ4v) is 20.5. The molecule has 0 saturated carbocycles. The number of rotatable bonds is 23. The topological polar surface area (TPSA) is 119 Å². The SMILES string of the molecule is CC1=NN(c2[c-]c(B(c3[c-]c(-c4nc([C@@H]5C=CC=CC5)c(-c5ccccc5)n4C)ccc3)c3c(C)cc(C)cc3C)ccc2)[CH-]N1c1ccccc1.Cc1cc(C)c(B(c2[c-]c(-c3nc([C@@H]4C=CC=CC4)c(-c4ccccc4)n3C)ccc2)c2[c-]c(N3[CH-]N(c4ccccc4)C(c4ccccc4)=N3)ccc2)c(C)c1.Cn1cc([C@@H]2C=CC=CC2)nc1-c1[c-]c(Oc2[c-]c(N3[CH-]N(c4ccccc4)C=N3)ccc2)ccc1.[Pt].[Pt].[Pt]. The summed E-state index contributed by atoms with van der Waals surface area (Å²) in [4.78, 5) is 21.9. The van der Waals surface area contributed by atoms with Crippen molar-refractivity contribution in [2.24, 2.45) is 36.4 Å². The number of hydrazone groups is 3. The monoisotopic (exact) mass is 2470 g/mol. The van der Waals surface area contributed by atoms with Gasteiger partial charge >= 0.3 is 0 Å². The molecule has 3 aromatic heterocycles. The van der Waals surface area contributed by atoms with Crippen molar-refractivity contribution in [3.05, 3.63) is 507 Å². The van der Waals surface area contributed by atoms with Crippen LogP contribution in [0.25, 0.3) is 56.7 Å². The first-order valence-corrected chi connectivity index (χ1v) is 49.4. The molecule has 742 valence electrons. The number of anilines is 6. The largest absolute Gasteiger partial charge is 0.503 e. The molecule has 21 heteroatoms. The average Bonchev–Trinajstić information content (AvgIpc) is 1.56. The molecule has 3 aliphatic carbocycles. The molecule has 0 N–H and O–H groups in total. The van der Waals surface area contributed by atoms with E-state index in [-0.39, 0.29) is 88.5 Å².